The van der Waals surface area contributed by atoms with E-state index in [1.165, 1.54) is 63.8 Å². The van der Waals surface area contributed by atoms with Crippen molar-refractivity contribution in [2.24, 2.45) is 0 Å². The summed E-state index contributed by atoms with van der Waals surface area (Å²) in [6, 6.07) is 18.1. The molecule has 0 aliphatic carbocycles. The Morgan fingerprint density at radius 3 is 2.11 bits per heavy atom. The molecule has 0 aromatic heterocycles. The molecule has 3 aromatic rings. The number of hydrogen-bond donors (Lipinski definition) is 2. The minimum atomic E-state index is -4.10. The molecule has 9 nitrogen and oxygen atoms in total. The zero-order chi connectivity index (χ0) is 25.4. The van der Waals surface area contributed by atoms with Gasteiger partial charge in [-0.15, -0.1) is 0 Å². The van der Waals surface area contributed by atoms with Crippen molar-refractivity contribution in [1.29, 1.82) is 0 Å². The van der Waals surface area contributed by atoms with Crippen molar-refractivity contribution in [3.05, 3.63) is 83.9 Å². The molecule has 3 rings (SSSR count). The van der Waals surface area contributed by atoms with E-state index < -0.39 is 27.9 Å². The summed E-state index contributed by atoms with van der Waals surface area (Å²) in [4.78, 5) is 24.7. The number of methoxy groups -OCH3 is 3. The normalized spacial score (nSPS) is 11.9. The van der Waals surface area contributed by atoms with E-state index in [4.69, 9.17) is 9.47 Å². The molecule has 0 radical (unpaired) electrons. The number of benzene rings is 3. The third-order valence-electron chi connectivity index (χ3n) is 5.14. The van der Waals surface area contributed by atoms with Gasteiger partial charge in [-0.3, -0.25) is 4.79 Å². The molecule has 0 aliphatic rings. The van der Waals surface area contributed by atoms with E-state index in [0.717, 1.165) is 5.56 Å². The van der Waals surface area contributed by atoms with E-state index >= 15 is 0 Å². The molecule has 0 spiro atoms. The molecule has 10 heteroatoms. The van der Waals surface area contributed by atoms with E-state index in [0.29, 0.717) is 17.0 Å². The molecule has 0 saturated carbocycles. The lowest BCUT2D eigenvalue weighted by molar-refractivity contribution is -0.117. The zero-order valence-corrected chi connectivity index (χ0v) is 20.3. The van der Waals surface area contributed by atoms with Crippen LogP contribution in [0, 0.1) is 0 Å². The van der Waals surface area contributed by atoms with Gasteiger partial charge in [0.2, 0.25) is 15.9 Å². The minimum Gasteiger partial charge on any atom is -0.493 e. The molecule has 3 aromatic carbocycles. The molecule has 0 unspecified atom stereocenters. The van der Waals surface area contributed by atoms with E-state index in [2.05, 4.69) is 14.8 Å². The number of esters is 1. The average Bonchev–Trinajstić information content (AvgIpc) is 2.88. The summed E-state index contributed by atoms with van der Waals surface area (Å²) < 4.78 is 43.9. The Labute approximate surface area is 204 Å². The van der Waals surface area contributed by atoms with Crippen molar-refractivity contribution < 1.29 is 32.2 Å². The van der Waals surface area contributed by atoms with Gasteiger partial charge in [0, 0.05) is 11.8 Å². The number of anilines is 1. The Morgan fingerprint density at radius 1 is 0.857 bits per heavy atom. The maximum atomic E-state index is 13.2. The molecular weight excluding hydrogens is 472 g/mol. The van der Waals surface area contributed by atoms with Gasteiger partial charge >= 0.3 is 5.97 Å². The highest BCUT2D eigenvalue weighted by Crippen LogP contribution is 2.29. The standard InChI is InChI=1S/C25H26N2O7S/c1-32-22-14-13-20(16-23(22)33-2)35(30,31)27-21(15-17-7-5-4-6-8-17)24(28)26-19-11-9-18(10-12-19)25(29)34-3/h4-14,16,21,27H,15H2,1-3H3,(H,26,28)/t21-/m1/s1. The molecule has 0 fully saturated rings. The minimum absolute atomic E-state index is 0.0801. The van der Waals surface area contributed by atoms with Crippen molar-refractivity contribution in [1.82, 2.24) is 4.72 Å². The molecule has 0 heterocycles. The SMILES string of the molecule is COC(=O)c1ccc(NC(=O)[C@@H](Cc2ccccc2)NS(=O)(=O)c2ccc(OC)c(OC)c2)cc1. The Hall–Kier alpha value is -3.89. The molecule has 0 bridgehead atoms. The highest BCUT2D eigenvalue weighted by atomic mass is 32.2. The highest BCUT2D eigenvalue weighted by molar-refractivity contribution is 7.89. The summed E-state index contributed by atoms with van der Waals surface area (Å²) in [5.74, 6) is -0.457. The van der Waals surface area contributed by atoms with Crippen LogP contribution in [0.3, 0.4) is 0 Å². The van der Waals surface area contributed by atoms with Gasteiger partial charge in [-0.2, -0.15) is 4.72 Å². The number of ether oxygens (including phenoxy) is 3. The summed E-state index contributed by atoms with van der Waals surface area (Å²) in [6.45, 7) is 0. The number of hydrogen-bond acceptors (Lipinski definition) is 7. The maximum Gasteiger partial charge on any atom is 0.337 e. The number of amides is 1. The van der Waals surface area contributed by atoms with Crippen molar-refractivity contribution >= 4 is 27.6 Å². The smallest absolute Gasteiger partial charge is 0.337 e. The van der Waals surface area contributed by atoms with Crippen LogP contribution in [0.4, 0.5) is 5.69 Å². The molecule has 0 aliphatic heterocycles. The first kappa shape index (κ1) is 25.7. The van der Waals surface area contributed by atoms with Crippen LogP contribution in [0.5, 0.6) is 11.5 Å². The van der Waals surface area contributed by atoms with Gasteiger partial charge in [0.1, 0.15) is 6.04 Å². The zero-order valence-electron chi connectivity index (χ0n) is 19.5. The Morgan fingerprint density at radius 2 is 1.51 bits per heavy atom. The Balaban J connectivity index is 1.86. The lowest BCUT2D eigenvalue weighted by Gasteiger charge is -2.19. The van der Waals surface area contributed by atoms with E-state index in [1.807, 2.05) is 6.07 Å². The van der Waals surface area contributed by atoms with Crippen LogP contribution in [0.1, 0.15) is 15.9 Å². The van der Waals surface area contributed by atoms with Crippen LogP contribution in [0.25, 0.3) is 0 Å². The van der Waals surface area contributed by atoms with Gasteiger partial charge in [-0.25, -0.2) is 13.2 Å². The number of carbonyl (C=O) groups excluding carboxylic acids is 2. The third-order valence-corrected chi connectivity index (χ3v) is 6.60. The average molecular weight is 499 g/mol. The molecule has 1 atom stereocenters. The topological polar surface area (TPSA) is 120 Å². The maximum absolute atomic E-state index is 13.2. The van der Waals surface area contributed by atoms with Crippen molar-refractivity contribution in [3.63, 3.8) is 0 Å². The fourth-order valence-electron chi connectivity index (χ4n) is 3.31. The first-order valence-electron chi connectivity index (χ1n) is 10.5. The van der Waals surface area contributed by atoms with Crippen LogP contribution in [0.15, 0.2) is 77.7 Å². The first-order chi connectivity index (χ1) is 16.8. The predicted molar refractivity (Wildman–Crippen MR) is 130 cm³/mol. The Bertz CT molecular complexity index is 1280. The summed E-state index contributed by atoms with van der Waals surface area (Å²) >= 11 is 0. The van der Waals surface area contributed by atoms with Crippen molar-refractivity contribution in [2.45, 2.75) is 17.4 Å². The summed E-state index contributed by atoms with van der Waals surface area (Å²) in [5.41, 5.74) is 1.48. The van der Waals surface area contributed by atoms with E-state index in [9.17, 15) is 18.0 Å². The monoisotopic (exact) mass is 498 g/mol. The number of carbonyl (C=O) groups is 2. The molecule has 184 valence electrons. The molecule has 2 N–H and O–H groups in total. The van der Waals surface area contributed by atoms with Gasteiger partial charge in [0.15, 0.2) is 11.5 Å². The predicted octanol–water partition coefficient (Wildman–Crippen LogP) is 3.02. The Kier molecular flexibility index (Phi) is 8.45. The second-order valence-electron chi connectivity index (χ2n) is 7.44. The summed E-state index contributed by atoms with van der Waals surface area (Å²) in [7, 11) is 0.0194. The van der Waals surface area contributed by atoms with E-state index in [-0.39, 0.29) is 17.1 Å². The van der Waals surface area contributed by atoms with Crippen LogP contribution in [0.2, 0.25) is 0 Å². The number of sulfonamides is 1. The first-order valence-corrected chi connectivity index (χ1v) is 12.0. The van der Waals surface area contributed by atoms with Crippen molar-refractivity contribution in [2.75, 3.05) is 26.6 Å². The number of rotatable bonds is 10. The van der Waals surface area contributed by atoms with Gasteiger partial charge in [-0.1, -0.05) is 30.3 Å². The van der Waals surface area contributed by atoms with E-state index in [1.54, 1.807) is 24.3 Å². The lowest BCUT2D eigenvalue weighted by Crippen LogP contribution is -2.45. The molecule has 0 saturated heterocycles. The van der Waals surface area contributed by atoms with Gasteiger partial charge in [0.25, 0.3) is 0 Å². The fraction of sp³-hybridized carbons (Fsp3) is 0.200. The summed E-state index contributed by atoms with van der Waals surface area (Å²) in [5, 5.41) is 2.70. The highest BCUT2D eigenvalue weighted by Gasteiger charge is 2.27. The second kappa shape index (κ2) is 11.5. The van der Waals surface area contributed by atoms with Crippen LogP contribution in [-0.4, -0.2) is 47.7 Å². The van der Waals surface area contributed by atoms with Crippen molar-refractivity contribution in [3.8, 4) is 11.5 Å². The third kappa shape index (κ3) is 6.58. The second-order valence-corrected chi connectivity index (χ2v) is 9.15. The lowest BCUT2D eigenvalue weighted by atomic mass is 10.1. The van der Waals surface area contributed by atoms with Gasteiger partial charge < -0.3 is 19.5 Å². The molecule has 35 heavy (non-hydrogen) atoms. The fourth-order valence-corrected chi connectivity index (χ4v) is 4.52. The number of nitrogens with one attached hydrogen (secondary N) is 2. The van der Waals surface area contributed by atoms with Crippen LogP contribution >= 0.6 is 0 Å². The summed E-state index contributed by atoms with van der Waals surface area (Å²) in [6.07, 6.45) is 0.111. The largest absolute Gasteiger partial charge is 0.493 e. The molecule has 1 amide bonds. The van der Waals surface area contributed by atoms with Gasteiger partial charge in [0.05, 0.1) is 31.8 Å². The molecular formula is C25H26N2O7S. The van der Waals surface area contributed by atoms with Gasteiger partial charge in [-0.05, 0) is 48.4 Å². The van der Waals surface area contributed by atoms with Crippen LogP contribution < -0.4 is 19.5 Å². The van der Waals surface area contributed by atoms with Crippen LogP contribution in [-0.2, 0) is 26.0 Å². The quantitative estimate of drug-likeness (QED) is 0.412.